The van der Waals surface area contributed by atoms with Gasteiger partial charge in [-0.3, -0.25) is 4.79 Å². The third kappa shape index (κ3) is 5.71. The molecule has 10 heteroatoms. The Bertz CT molecular complexity index is 1240. The Labute approximate surface area is 191 Å². The maximum atomic E-state index is 13.0. The predicted molar refractivity (Wildman–Crippen MR) is 115 cm³/mol. The van der Waals surface area contributed by atoms with E-state index in [9.17, 15) is 32.7 Å². The zero-order valence-corrected chi connectivity index (χ0v) is 17.7. The number of halogens is 3. The Balaban J connectivity index is 1.86. The van der Waals surface area contributed by atoms with Crippen LogP contribution in [0.3, 0.4) is 0 Å². The standard InChI is InChI=1S/C24H18F3NO6/c1-2-33-23(32)17-11-10-16(13-18(17)22(30)31)34-20-9-4-3-8-19(20)28-21(29)14-6-5-7-15(12-14)24(25,26)27/h3-13H,2H2,1H3,(H,28,29)(H,30,31). The van der Waals surface area contributed by atoms with E-state index in [1.807, 2.05) is 0 Å². The van der Waals surface area contributed by atoms with Crippen LogP contribution in [0.5, 0.6) is 11.5 Å². The highest BCUT2D eigenvalue weighted by atomic mass is 19.4. The van der Waals surface area contributed by atoms with Crippen LogP contribution in [0.4, 0.5) is 18.9 Å². The molecule has 0 heterocycles. The molecule has 0 radical (unpaired) electrons. The van der Waals surface area contributed by atoms with Crippen LogP contribution < -0.4 is 10.1 Å². The Kier molecular flexibility index (Phi) is 7.20. The Morgan fingerprint density at radius 3 is 2.35 bits per heavy atom. The number of hydrogen-bond donors (Lipinski definition) is 2. The molecule has 0 saturated heterocycles. The number of aromatic carboxylic acids is 1. The topological polar surface area (TPSA) is 102 Å². The fraction of sp³-hybridized carbons (Fsp3) is 0.125. The SMILES string of the molecule is CCOC(=O)c1ccc(Oc2ccccc2NC(=O)c2cccc(C(F)(F)F)c2)cc1C(=O)O. The van der Waals surface area contributed by atoms with Gasteiger partial charge in [-0.1, -0.05) is 18.2 Å². The highest BCUT2D eigenvalue weighted by Crippen LogP contribution is 2.32. The van der Waals surface area contributed by atoms with Gasteiger partial charge in [-0.15, -0.1) is 0 Å². The average Bonchev–Trinajstić information content (AvgIpc) is 2.80. The number of nitrogens with one attached hydrogen (secondary N) is 1. The molecular weight excluding hydrogens is 455 g/mol. The van der Waals surface area contributed by atoms with E-state index in [2.05, 4.69) is 5.32 Å². The lowest BCUT2D eigenvalue weighted by atomic mass is 10.1. The summed E-state index contributed by atoms with van der Waals surface area (Å²) < 4.78 is 49.4. The summed E-state index contributed by atoms with van der Waals surface area (Å²) in [6.45, 7) is 1.65. The molecule has 176 valence electrons. The van der Waals surface area contributed by atoms with Crippen molar-refractivity contribution in [3.05, 3.63) is 89.0 Å². The first kappa shape index (κ1) is 24.3. The molecule has 0 spiro atoms. The minimum atomic E-state index is -4.60. The highest BCUT2D eigenvalue weighted by molar-refractivity contribution is 6.05. The molecule has 0 aliphatic heterocycles. The monoisotopic (exact) mass is 473 g/mol. The predicted octanol–water partition coefficient (Wildman–Crippen LogP) is 5.62. The summed E-state index contributed by atoms with van der Waals surface area (Å²) in [7, 11) is 0. The number of alkyl halides is 3. The molecule has 0 atom stereocenters. The van der Waals surface area contributed by atoms with Crippen molar-refractivity contribution in [2.45, 2.75) is 13.1 Å². The van der Waals surface area contributed by atoms with E-state index in [1.165, 1.54) is 30.3 Å². The third-order valence-electron chi connectivity index (χ3n) is 4.53. The number of ether oxygens (including phenoxy) is 2. The van der Waals surface area contributed by atoms with E-state index < -0.39 is 29.6 Å². The molecule has 0 fully saturated rings. The van der Waals surface area contributed by atoms with Gasteiger partial charge in [-0.25, -0.2) is 9.59 Å². The molecule has 3 rings (SSSR count). The minimum absolute atomic E-state index is 0.0474. The van der Waals surface area contributed by atoms with Gasteiger partial charge in [-0.05, 0) is 55.5 Å². The van der Waals surface area contributed by atoms with Gasteiger partial charge in [0.15, 0.2) is 5.75 Å². The number of rotatable bonds is 7. The molecule has 3 aromatic rings. The Hall–Kier alpha value is -4.34. The quantitative estimate of drug-likeness (QED) is 0.432. The van der Waals surface area contributed by atoms with E-state index in [0.29, 0.717) is 0 Å². The van der Waals surface area contributed by atoms with E-state index in [4.69, 9.17) is 9.47 Å². The summed E-state index contributed by atoms with van der Waals surface area (Å²) in [5.74, 6) is -2.83. The van der Waals surface area contributed by atoms with Crippen LogP contribution >= 0.6 is 0 Å². The van der Waals surface area contributed by atoms with Crippen LogP contribution in [0.2, 0.25) is 0 Å². The van der Waals surface area contributed by atoms with Crippen molar-refractivity contribution in [3.8, 4) is 11.5 Å². The molecule has 2 N–H and O–H groups in total. The van der Waals surface area contributed by atoms with Gasteiger partial charge in [0.2, 0.25) is 0 Å². The Morgan fingerprint density at radius 2 is 1.68 bits per heavy atom. The fourth-order valence-electron chi connectivity index (χ4n) is 2.97. The minimum Gasteiger partial charge on any atom is -0.478 e. The lowest BCUT2D eigenvalue weighted by Crippen LogP contribution is -2.14. The Morgan fingerprint density at radius 1 is 0.941 bits per heavy atom. The van der Waals surface area contributed by atoms with E-state index in [-0.39, 0.29) is 40.5 Å². The summed E-state index contributed by atoms with van der Waals surface area (Å²) in [6.07, 6.45) is -4.60. The molecular formula is C24H18F3NO6. The molecule has 0 saturated carbocycles. The summed E-state index contributed by atoms with van der Waals surface area (Å²) in [5, 5.41) is 11.9. The zero-order valence-electron chi connectivity index (χ0n) is 17.7. The van der Waals surface area contributed by atoms with Gasteiger partial charge in [0.05, 0.1) is 29.0 Å². The molecule has 0 aromatic heterocycles. The molecule has 0 unspecified atom stereocenters. The third-order valence-corrected chi connectivity index (χ3v) is 4.53. The van der Waals surface area contributed by atoms with Gasteiger partial charge in [0, 0.05) is 5.56 Å². The number of carbonyl (C=O) groups excluding carboxylic acids is 2. The van der Waals surface area contributed by atoms with Gasteiger partial charge in [-0.2, -0.15) is 13.2 Å². The smallest absolute Gasteiger partial charge is 0.416 e. The second kappa shape index (κ2) is 10.1. The molecule has 0 bridgehead atoms. The lowest BCUT2D eigenvalue weighted by Gasteiger charge is -2.14. The normalized spacial score (nSPS) is 10.9. The number of anilines is 1. The van der Waals surface area contributed by atoms with Crippen molar-refractivity contribution in [1.29, 1.82) is 0 Å². The second-order valence-corrected chi connectivity index (χ2v) is 6.86. The molecule has 3 aromatic carbocycles. The number of hydrogen-bond acceptors (Lipinski definition) is 5. The molecule has 0 aliphatic carbocycles. The van der Waals surface area contributed by atoms with Crippen LogP contribution in [0, 0.1) is 0 Å². The second-order valence-electron chi connectivity index (χ2n) is 6.86. The molecule has 34 heavy (non-hydrogen) atoms. The number of amides is 1. The maximum Gasteiger partial charge on any atom is 0.416 e. The van der Waals surface area contributed by atoms with Crippen LogP contribution in [0.15, 0.2) is 66.7 Å². The number of carboxylic acid groups (broad SMARTS) is 1. The van der Waals surface area contributed by atoms with Crippen LogP contribution in [-0.4, -0.2) is 29.6 Å². The number of benzene rings is 3. The number of carbonyl (C=O) groups is 3. The van der Waals surface area contributed by atoms with Crippen molar-refractivity contribution in [3.63, 3.8) is 0 Å². The van der Waals surface area contributed by atoms with Crippen molar-refractivity contribution in [2.24, 2.45) is 0 Å². The largest absolute Gasteiger partial charge is 0.478 e. The highest BCUT2D eigenvalue weighted by Gasteiger charge is 2.31. The van der Waals surface area contributed by atoms with Crippen LogP contribution in [0.25, 0.3) is 0 Å². The first-order chi connectivity index (χ1) is 16.1. The van der Waals surface area contributed by atoms with Gasteiger partial charge in [0.25, 0.3) is 5.91 Å². The number of esters is 1. The van der Waals surface area contributed by atoms with Crippen molar-refractivity contribution >= 4 is 23.5 Å². The first-order valence-electron chi connectivity index (χ1n) is 9.90. The summed E-state index contributed by atoms with van der Waals surface area (Å²) in [6, 6.07) is 13.7. The van der Waals surface area contributed by atoms with E-state index in [0.717, 1.165) is 24.3 Å². The number of carboxylic acids is 1. The molecule has 7 nitrogen and oxygen atoms in total. The fourth-order valence-corrected chi connectivity index (χ4v) is 2.97. The van der Waals surface area contributed by atoms with E-state index >= 15 is 0 Å². The van der Waals surface area contributed by atoms with Crippen molar-refractivity contribution < 1.29 is 42.1 Å². The zero-order chi connectivity index (χ0) is 24.9. The van der Waals surface area contributed by atoms with Crippen molar-refractivity contribution in [2.75, 3.05) is 11.9 Å². The first-order valence-corrected chi connectivity index (χ1v) is 9.90. The van der Waals surface area contributed by atoms with E-state index in [1.54, 1.807) is 19.1 Å². The summed E-state index contributed by atoms with van der Waals surface area (Å²) in [4.78, 5) is 36.2. The van der Waals surface area contributed by atoms with Gasteiger partial charge >= 0.3 is 18.1 Å². The lowest BCUT2D eigenvalue weighted by molar-refractivity contribution is -0.137. The van der Waals surface area contributed by atoms with Gasteiger partial charge in [0.1, 0.15) is 5.75 Å². The summed E-state index contributed by atoms with van der Waals surface area (Å²) in [5.41, 5.74) is -1.55. The van der Waals surface area contributed by atoms with Gasteiger partial charge < -0.3 is 19.9 Å². The number of para-hydroxylation sites is 2. The molecule has 0 aliphatic rings. The van der Waals surface area contributed by atoms with Crippen molar-refractivity contribution in [1.82, 2.24) is 0 Å². The molecule has 1 amide bonds. The maximum absolute atomic E-state index is 13.0. The van der Waals surface area contributed by atoms with Crippen LogP contribution in [-0.2, 0) is 10.9 Å². The van der Waals surface area contributed by atoms with Crippen LogP contribution in [0.1, 0.15) is 43.6 Å². The average molecular weight is 473 g/mol. The summed E-state index contributed by atoms with van der Waals surface area (Å²) >= 11 is 0.